The molecule has 104 valence electrons. The summed E-state index contributed by atoms with van der Waals surface area (Å²) in [4.78, 5) is 4.62. The molecule has 1 atom stereocenters. The van der Waals surface area contributed by atoms with Crippen molar-refractivity contribution in [2.75, 3.05) is 6.54 Å². The lowest BCUT2D eigenvalue weighted by Gasteiger charge is -2.09. The minimum atomic E-state index is -3.59. The summed E-state index contributed by atoms with van der Waals surface area (Å²) in [7, 11) is -1.89. The van der Waals surface area contributed by atoms with Gasteiger partial charge in [0.2, 0.25) is 0 Å². The van der Waals surface area contributed by atoms with Gasteiger partial charge in [0.25, 0.3) is 10.0 Å². The van der Waals surface area contributed by atoms with Gasteiger partial charge in [0.05, 0.1) is 12.4 Å². The number of thiophene rings is 1. The number of sulfonamides is 1. The maximum absolute atomic E-state index is 11.8. The molecule has 0 aliphatic rings. The molecule has 0 spiro atoms. The van der Waals surface area contributed by atoms with Crippen LogP contribution in [0, 0.1) is 0 Å². The number of aromatic nitrogens is 2. The normalized spacial score (nSPS) is 13.6. The predicted octanol–water partition coefficient (Wildman–Crippen LogP) is 0.884. The summed E-state index contributed by atoms with van der Waals surface area (Å²) < 4.78 is 27.7. The van der Waals surface area contributed by atoms with Crippen LogP contribution in [0.25, 0.3) is 0 Å². The number of imidazole rings is 1. The second-order valence-corrected chi connectivity index (χ2v) is 6.79. The van der Waals surface area contributed by atoms with Gasteiger partial charge < -0.3 is 9.67 Å². The number of nitrogens with one attached hydrogen (secondary N) is 1. The quantitative estimate of drug-likeness (QED) is 0.829. The van der Waals surface area contributed by atoms with E-state index < -0.39 is 16.1 Å². The topological polar surface area (TPSA) is 84.2 Å². The molecule has 0 saturated carbocycles. The van der Waals surface area contributed by atoms with Gasteiger partial charge in [-0.05, 0) is 17.9 Å². The Morgan fingerprint density at radius 2 is 2.37 bits per heavy atom. The van der Waals surface area contributed by atoms with Crippen molar-refractivity contribution in [3.63, 3.8) is 0 Å². The third kappa shape index (κ3) is 3.63. The van der Waals surface area contributed by atoms with Crippen molar-refractivity contribution in [1.82, 2.24) is 14.3 Å². The van der Waals surface area contributed by atoms with Crippen molar-refractivity contribution in [2.24, 2.45) is 7.05 Å². The van der Waals surface area contributed by atoms with E-state index in [-0.39, 0.29) is 11.6 Å². The fourth-order valence-electron chi connectivity index (χ4n) is 1.55. The Kier molecular flexibility index (Phi) is 4.35. The van der Waals surface area contributed by atoms with Crippen LogP contribution in [0.3, 0.4) is 0 Å². The molecule has 0 aromatic carbocycles. The van der Waals surface area contributed by atoms with Crippen molar-refractivity contribution < 1.29 is 13.5 Å². The number of aryl methyl sites for hydroxylation is 1. The minimum Gasteiger partial charge on any atom is -0.388 e. The summed E-state index contributed by atoms with van der Waals surface area (Å²) in [5.41, 5.74) is 0. The molecule has 0 amide bonds. The third-order valence-corrected chi connectivity index (χ3v) is 4.86. The van der Waals surface area contributed by atoms with Crippen LogP contribution in [-0.2, 0) is 17.1 Å². The lowest BCUT2D eigenvalue weighted by atomic mass is 10.2. The van der Waals surface area contributed by atoms with E-state index in [4.69, 9.17) is 0 Å². The molecule has 0 aliphatic carbocycles. The first-order valence-electron chi connectivity index (χ1n) is 5.68. The molecule has 0 radical (unpaired) electrons. The summed E-state index contributed by atoms with van der Waals surface area (Å²) in [6.07, 6.45) is 2.53. The van der Waals surface area contributed by atoms with Gasteiger partial charge in [0, 0.05) is 24.7 Å². The molecule has 2 N–H and O–H groups in total. The third-order valence-electron chi connectivity index (χ3n) is 2.54. The van der Waals surface area contributed by atoms with Crippen LogP contribution in [0.1, 0.15) is 17.4 Å². The lowest BCUT2D eigenvalue weighted by Crippen LogP contribution is -2.26. The van der Waals surface area contributed by atoms with E-state index in [1.807, 2.05) is 17.5 Å². The number of hydrogen-bond acceptors (Lipinski definition) is 5. The second-order valence-electron chi connectivity index (χ2n) is 4.10. The Bertz CT molecular complexity index is 619. The second kappa shape index (κ2) is 5.83. The van der Waals surface area contributed by atoms with Crippen LogP contribution >= 0.6 is 11.3 Å². The summed E-state index contributed by atoms with van der Waals surface area (Å²) in [6.45, 7) is 0.165. The zero-order chi connectivity index (χ0) is 13.9. The Morgan fingerprint density at radius 1 is 1.58 bits per heavy atom. The van der Waals surface area contributed by atoms with Gasteiger partial charge in [-0.1, -0.05) is 6.07 Å². The first-order chi connectivity index (χ1) is 8.99. The van der Waals surface area contributed by atoms with Gasteiger partial charge in [-0.3, -0.25) is 0 Å². The van der Waals surface area contributed by atoms with E-state index in [1.54, 1.807) is 11.6 Å². The maximum atomic E-state index is 11.8. The zero-order valence-electron chi connectivity index (χ0n) is 10.4. The van der Waals surface area contributed by atoms with Crippen LogP contribution in [0.4, 0.5) is 0 Å². The van der Waals surface area contributed by atoms with Crippen molar-refractivity contribution >= 4 is 21.4 Å². The van der Waals surface area contributed by atoms with E-state index in [9.17, 15) is 13.5 Å². The Morgan fingerprint density at radius 3 is 2.95 bits per heavy atom. The number of rotatable bonds is 6. The average Bonchev–Trinajstić information content (AvgIpc) is 2.99. The van der Waals surface area contributed by atoms with Gasteiger partial charge in [-0.2, -0.15) is 0 Å². The molecule has 0 bridgehead atoms. The van der Waals surface area contributed by atoms with Gasteiger partial charge in [0.15, 0.2) is 5.03 Å². The molecule has 2 aromatic heterocycles. The predicted molar refractivity (Wildman–Crippen MR) is 72.3 cm³/mol. The van der Waals surface area contributed by atoms with E-state index in [1.165, 1.54) is 23.9 Å². The standard InChI is InChI=1S/C11H15N3O3S2/c1-14-7-11(12-8-14)19(16,17)13-5-4-9(15)10-3-2-6-18-10/h2-3,6-9,13,15H,4-5H2,1H3. The Hall–Kier alpha value is -1.22. The Balaban J connectivity index is 1.89. The average molecular weight is 301 g/mol. The largest absolute Gasteiger partial charge is 0.388 e. The van der Waals surface area contributed by atoms with E-state index in [2.05, 4.69) is 9.71 Å². The molecular weight excluding hydrogens is 286 g/mol. The van der Waals surface area contributed by atoms with Crippen LogP contribution in [-0.4, -0.2) is 29.6 Å². The zero-order valence-corrected chi connectivity index (χ0v) is 12.0. The Labute approximate surface area is 115 Å². The molecule has 1 unspecified atom stereocenters. The SMILES string of the molecule is Cn1cnc(S(=O)(=O)NCCC(O)c2cccs2)c1. The van der Waals surface area contributed by atoms with Crippen LogP contribution in [0.15, 0.2) is 35.1 Å². The number of aliphatic hydroxyl groups excluding tert-OH is 1. The molecule has 2 heterocycles. The van der Waals surface area contributed by atoms with Crippen LogP contribution in [0.5, 0.6) is 0 Å². The molecular formula is C11H15N3O3S2. The molecule has 2 rings (SSSR count). The highest BCUT2D eigenvalue weighted by atomic mass is 32.2. The van der Waals surface area contributed by atoms with Crippen molar-refractivity contribution in [3.05, 3.63) is 34.9 Å². The van der Waals surface area contributed by atoms with Crippen molar-refractivity contribution in [2.45, 2.75) is 17.6 Å². The molecule has 0 aliphatic heterocycles. The van der Waals surface area contributed by atoms with E-state index >= 15 is 0 Å². The smallest absolute Gasteiger partial charge is 0.259 e. The summed E-state index contributed by atoms with van der Waals surface area (Å²) in [5, 5.41) is 11.7. The fraction of sp³-hybridized carbons (Fsp3) is 0.364. The van der Waals surface area contributed by atoms with Gasteiger partial charge in [-0.15, -0.1) is 11.3 Å². The van der Waals surface area contributed by atoms with Crippen molar-refractivity contribution in [3.8, 4) is 0 Å². The fourth-order valence-corrected chi connectivity index (χ4v) is 3.33. The first kappa shape index (κ1) is 14.2. The molecule has 2 aromatic rings. The highest BCUT2D eigenvalue weighted by Gasteiger charge is 2.17. The molecule has 0 fully saturated rings. The summed E-state index contributed by atoms with van der Waals surface area (Å²) in [5.74, 6) is 0. The minimum absolute atomic E-state index is 0.0133. The van der Waals surface area contributed by atoms with Crippen LogP contribution in [0.2, 0.25) is 0 Å². The molecule has 0 saturated heterocycles. The number of nitrogens with zero attached hydrogens (tertiary/aromatic N) is 2. The molecule has 6 nitrogen and oxygen atoms in total. The highest BCUT2D eigenvalue weighted by molar-refractivity contribution is 7.89. The van der Waals surface area contributed by atoms with Gasteiger partial charge in [-0.25, -0.2) is 18.1 Å². The summed E-state index contributed by atoms with van der Waals surface area (Å²) >= 11 is 1.45. The lowest BCUT2D eigenvalue weighted by molar-refractivity contribution is 0.173. The number of hydrogen-bond donors (Lipinski definition) is 2. The summed E-state index contributed by atoms with van der Waals surface area (Å²) in [6, 6.07) is 3.67. The highest BCUT2D eigenvalue weighted by Crippen LogP contribution is 2.21. The van der Waals surface area contributed by atoms with E-state index in [0.717, 1.165) is 4.88 Å². The number of aliphatic hydroxyl groups is 1. The van der Waals surface area contributed by atoms with Gasteiger partial charge in [0.1, 0.15) is 0 Å². The van der Waals surface area contributed by atoms with E-state index in [0.29, 0.717) is 6.42 Å². The van der Waals surface area contributed by atoms with Crippen LogP contribution < -0.4 is 4.72 Å². The maximum Gasteiger partial charge on any atom is 0.259 e. The van der Waals surface area contributed by atoms with Crippen molar-refractivity contribution in [1.29, 1.82) is 0 Å². The first-order valence-corrected chi connectivity index (χ1v) is 8.04. The van der Waals surface area contributed by atoms with Gasteiger partial charge >= 0.3 is 0 Å². The molecule has 19 heavy (non-hydrogen) atoms. The monoisotopic (exact) mass is 301 g/mol. The molecule has 8 heteroatoms.